The van der Waals surface area contributed by atoms with Gasteiger partial charge in [0.15, 0.2) is 11.5 Å². The van der Waals surface area contributed by atoms with E-state index in [1.54, 1.807) is 43.8 Å². The van der Waals surface area contributed by atoms with Crippen LogP contribution in [0.25, 0.3) is 16.8 Å². The third-order valence-corrected chi connectivity index (χ3v) is 5.81. The molecule has 0 fully saturated rings. The fourth-order valence-electron chi connectivity index (χ4n) is 3.34. The van der Waals surface area contributed by atoms with E-state index in [0.717, 1.165) is 16.0 Å². The second-order valence-corrected chi connectivity index (χ2v) is 8.05. The maximum absolute atomic E-state index is 12.6. The Balaban J connectivity index is 1.48. The number of benzene rings is 2. The van der Waals surface area contributed by atoms with Gasteiger partial charge < -0.3 is 24.1 Å². The summed E-state index contributed by atoms with van der Waals surface area (Å²) in [5.74, 6) is 2.25. The normalized spacial score (nSPS) is 10.9. The molecule has 0 bridgehead atoms. The van der Waals surface area contributed by atoms with Gasteiger partial charge in [0, 0.05) is 11.8 Å². The van der Waals surface area contributed by atoms with Crippen molar-refractivity contribution >= 4 is 29.0 Å². The molecule has 2 heterocycles. The molecule has 34 heavy (non-hydrogen) atoms. The minimum absolute atomic E-state index is 0.286. The summed E-state index contributed by atoms with van der Waals surface area (Å²) in [5.41, 5.74) is 2.25. The maximum Gasteiger partial charge on any atom is 0.248 e. The highest BCUT2D eigenvalue weighted by molar-refractivity contribution is 7.13. The van der Waals surface area contributed by atoms with Gasteiger partial charge in [-0.3, -0.25) is 4.79 Å². The van der Waals surface area contributed by atoms with Gasteiger partial charge >= 0.3 is 0 Å². The summed E-state index contributed by atoms with van der Waals surface area (Å²) >= 11 is 1.55. The van der Waals surface area contributed by atoms with Crippen molar-refractivity contribution < 1.29 is 23.5 Å². The number of carbonyl (C=O) groups is 1. The van der Waals surface area contributed by atoms with Crippen molar-refractivity contribution in [1.82, 2.24) is 10.1 Å². The number of para-hydroxylation sites is 1. The van der Waals surface area contributed by atoms with Crippen molar-refractivity contribution in [2.24, 2.45) is 0 Å². The van der Waals surface area contributed by atoms with Gasteiger partial charge in [-0.05, 0) is 46.8 Å². The standard InChI is InChI=1S/C25H23N3O5S/c1-30-19-13-16(14-20(31-2)24(19)32-3)10-11-22(29)26-18-8-5-4-7-17(18)15-23-27-25(28-33-23)21-9-6-12-34-21/h4-14H,15H2,1-3H3,(H,26,29)/b11-10+. The number of hydrogen-bond donors (Lipinski definition) is 1. The van der Waals surface area contributed by atoms with Crippen LogP contribution in [0, 0.1) is 0 Å². The Kier molecular flexibility index (Phi) is 7.24. The third-order valence-electron chi connectivity index (χ3n) is 4.94. The predicted octanol–water partition coefficient (Wildman–Crippen LogP) is 5.07. The number of methoxy groups -OCH3 is 3. The number of carbonyl (C=O) groups excluding carboxylic acids is 1. The molecule has 4 aromatic rings. The lowest BCUT2D eigenvalue weighted by Gasteiger charge is -2.12. The van der Waals surface area contributed by atoms with Crippen molar-refractivity contribution in [2.75, 3.05) is 26.6 Å². The molecule has 0 aliphatic heterocycles. The molecule has 0 unspecified atom stereocenters. The van der Waals surface area contributed by atoms with E-state index >= 15 is 0 Å². The predicted molar refractivity (Wildman–Crippen MR) is 131 cm³/mol. The topological polar surface area (TPSA) is 95.7 Å². The number of anilines is 1. The zero-order valence-electron chi connectivity index (χ0n) is 18.9. The SMILES string of the molecule is COc1cc(/C=C/C(=O)Nc2ccccc2Cc2nc(-c3cccs3)no2)cc(OC)c1OC. The molecule has 0 aliphatic rings. The van der Waals surface area contributed by atoms with Crippen LogP contribution < -0.4 is 19.5 Å². The van der Waals surface area contributed by atoms with Gasteiger partial charge in [-0.2, -0.15) is 4.98 Å². The number of aromatic nitrogens is 2. The number of thiophene rings is 1. The fourth-order valence-corrected chi connectivity index (χ4v) is 3.98. The van der Waals surface area contributed by atoms with E-state index in [2.05, 4.69) is 15.5 Å². The molecule has 0 spiro atoms. The molecular formula is C25H23N3O5S. The highest BCUT2D eigenvalue weighted by Gasteiger charge is 2.14. The Morgan fingerprint density at radius 1 is 1.06 bits per heavy atom. The van der Waals surface area contributed by atoms with Crippen LogP contribution in [0.2, 0.25) is 0 Å². The Bertz CT molecular complexity index is 1270. The minimum atomic E-state index is -0.286. The van der Waals surface area contributed by atoms with Gasteiger partial charge in [0.25, 0.3) is 0 Å². The first-order chi connectivity index (χ1) is 16.6. The average molecular weight is 478 g/mol. The average Bonchev–Trinajstić information content (AvgIpc) is 3.55. The lowest BCUT2D eigenvalue weighted by atomic mass is 10.1. The summed E-state index contributed by atoms with van der Waals surface area (Å²) in [6, 6.07) is 14.9. The fraction of sp³-hybridized carbons (Fsp3) is 0.160. The highest BCUT2D eigenvalue weighted by Crippen LogP contribution is 2.38. The molecule has 9 heteroatoms. The molecule has 0 atom stereocenters. The first kappa shape index (κ1) is 23.1. The number of nitrogens with zero attached hydrogens (tertiary/aromatic N) is 2. The number of rotatable bonds is 9. The van der Waals surface area contributed by atoms with Crippen LogP contribution in [0.3, 0.4) is 0 Å². The molecule has 1 N–H and O–H groups in total. The van der Waals surface area contributed by atoms with Gasteiger partial charge in [-0.1, -0.05) is 29.4 Å². The number of nitrogens with one attached hydrogen (secondary N) is 1. The number of hydrogen-bond acceptors (Lipinski definition) is 8. The van der Waals surface area contributed by atoms with Crippen LogP contribution in [0.15, 0.2) is 64.5 Å². The molecule has 0 saturated carbocycles. The molecule has 4 rings (SSSR count). The van der Waals surface area contributed by atoms with Crippen LogP contribution in [-0.2, 0) is 11.2 Å². The van der Waals surface area contributed by atoms with Crippen molar-refractivity contribution in [2.45, 2.75) is 6.42 Å². The maximum atomic E-state index is 12.6. The molecule has 8 nitrogen and oxygen atoms in total. The van der Waals surface area contributed by atoms with Crippen LogP contribution in [0.4, 0.5) is 5.69 Å². The van der Waals surface area contributed by atoms with E-state index in [1.807, 2.05) is 41.8 Å². The Hall–Kier alpha value is -4.11. The third kappa shape index (κ3) is 5.26. The number of ether oxygens (including phenoxy) is 3. The van der Waals surface area contributed by atoms with Crippen molar-refractivity contribution in [1.29, 1.82) is 0 Å². The minimum Gasteiger partial charge on any atom is -0.493 e. The first-order valence-corrected chi connectivity index (χ1v) is 11.2. The molecule has 2 aromatic heterocycles. The summed E-state index contributed by atoms with van der Waals surface area (Å²) in [6.45, 7) is 0. The molecule has 0 radical (unpaired) electrons. The molecule has 0 aliphatic carbocycles. The summed E-state index contributed by atoms with van der Waals surface area (Å²) < 4.78 is 21.5. The monoisotopic (exact) mass is 477 g/mol. The Morgan fingerprint density at radius 3 is 2.50 bits per heavy atom. The molecular weight excluding hydrogens is 454 g/mol. The van der Waals surface area contributed by atoms with Gasteiger partial charge in [-0.15, -0.1) is 11.3 Å². The number of amides is 1. The van der Waals surface area contributed by atoms with E-state index in [-0.39, 0.29) is 5.91 Å². The van der Waals surface area contributed by atoms with E-state index in [0.29, 0.717) is 41.1 Å². The van der Waals surface area contributed by atoms with Gasteiger partial charge in [0.05, 0.1) is 32.6 Å². The Labute approximate surface area is 200 Å². The van der Waals surface area contributed by atoms with Crippen molar-refractivity contribution in [3.8, 4) is 28.0 Å². The quantitative estimate of drug-likeness (QED) is 0.336. The van der Waals surface area contributed by atoms with Crippen molar-refractivity contribution in [3.05, 3.63) is 77.0 Å². The van der Waals surface area contributed by atoms with E-state index in [4.69, 9.17) is 18.7 Å². The lowest BCUT2D eigenvalue weighted by molar-refractivity contribution is -0.111. The molecule has 174 valence electrons. The van der Waals surface area contributed by atoms with Gasteiger partial charge in [0.1, 0.15) is 0 Å². The van der Waals surface area contributed by atoms with Crippen LogP contribution in [-0.4, -0.2) is 37.4 Å². The van der Waals surface area contributed by atoms with E-state index in [1.165, 1.54) is 13.2 Å². The molecule has 2 aromatic carbocycles. The van der Waals surface area contributed by atoms with Gasteiger partial charge in [0.2, 0.25) is 23.4 Å². The first-order valence-electron chi connectivity index (χ1n) is 10.3. The molecule has 0 saturated heterocycles. The van der Waals surface area contributed by atoms with Crippen LogP contribution >= 0.6 is 11.3 Å². The lowest BCUT2D eigenvalue weighted by Crippen LogP contribution is -2.10. The van der Waals surface area contributed by atoms with Crippen LogP contribution in [0.1, 0.15) is 17.0 Å². The summed E-state index contributed by atoms with van der Waals surface area (Å²) in [6.07, 6.45) is 3.51. The van der Waals surface area contributed by atoms with E-state index in [9.17, 15) is 4.79 Å². The summed E-state index contributed by atoms with van der Waals surface area (Å²) in [5, 5.41) is 8.92. The second-order valence-electron chi connectivity index (χ2n) is 7.10. The smallest absolute Gasteiger partial charge is 0.248 e. The molecule has 1 amide bonds. The van der Waals surface area contributed by atoms with Gasteiger partial charge in [-0.25, -0.2) is 0 Å². The zero-order chi connectivity index (χ0) is 23.9. The largest absolute Gasteiger partial charge is 0.493 e. The van der Waals surface area contributed by atoms with Crippen LogP contribution in [0.5, 0.6) is 17.2 Å². The van der Waals surface area contributed by atoms with E-state index < -0.39 is 0 Å². The Morgan fingerprint density at radius 2 is 1.82 bits per heavy atom. The zero-order valence-corrected chi connectivity index (χ0v) is 19.7. The summed E-state index contributed by atoms with van der Waals surface area (Å²) in [4.78, 5) is 18.0. The van der Waals surface area contributed by atoms with Crippen molar-refractivity contribution in [3.63, 3.8) is 0 Å². The summed E-state index contributed by atoms with van der Waals surface area (Å²) in [7, 11) is 4.63. The highest BCUT2D eigenvalue weighted by atomic mass is 32.1. The second kappa shape index (κ2) is 10.7.